The van der Waals surface area contributed by atoms with Crippen LogP contribution in [0.25, 0.3) is 0 Å². The Hall–Kier alpha value is -0.513. The van der Waals surface area contributed by atoms with Crippen molar-refractivity contribution in [2.75, 3.05) is 0 Å². The third-order valence-electron chi connectivity index (χ3n) is 0.185. The van der Waals surface area contributed by atoms with Crippen molar-refractivity contribution in [3.63, 3.8) is 0 Å². The van der Waals surface area contributed by atoms with E-state index in [4.69, 9.17) is 0 Å². The van der Waals surface area contributed by atoms with Gasteiger partial charge in [-0.1, -0.05) is 0 Å². The topological polar surface area (TPSA) is 43.4 Å². The van der Waals surface area contributed by atoms with Crippen molar-refractivity contribution < 1.29 is 13.7 Å². The first-order valence-corrected chi connectivity index (χ1v) is 2.13. The lowest BCUT2D eigenvalue weighted by atomic mass is 10.9. The van der Waals surface area contributed by atoms with Crippen LogP contribution in [0.3, 0.4) is 0 Å². The van der Waals surface area contributed by atoms with Crippen LogP contribution in [-0.2, 0) is 13.7 Å². The van der Waals surface area contributed by atoms with Gasteiger partial charge in [-0.3, -0.25) is 4.79 Å². The number of rotatable bonds is 1. The molecule has 0 aromatic carbocycles. The molecule has 0 rings (SSSR count). The predicted octanol–water partition coefficient (Wildman–Crippen LogP) is -0.486. The molecule has 4 heteroatoms. The van der Waals surface area contributed by atoms with Crippen molar-refractivity contribution in [2.45, 2.75) is 6.92 Å². The summed E-state index contributed by atoms with van der Waals surface area (Å²) in [5.74, 6) is -0.511. The molecule has 0 amide bonds. The van der Waals surface area contributed by atoms with Crippen LogP contribution >= 0.6 is 0 Å². The molecule has 0 atom stereocenters. The first-order valence-electron chi connectivity index (χ1n) is 1.32. The van der Waals surface area contributed by atoms with Crippen molar-refractivity contribution in [2.24, 2.45) is 0 Å². The van der Waals surface area contributed by atoms with E-state index >= 15 is 0 Å². The average molecular weight is 103 g/mol. The fraction of sp³-hybridized carbons (Fsp3) is 0.500. The van der Waals surface area contributed by atoms with Crippen LogP contribution in [0.5, 0.6) is 0 Å². The van der Waals surface area contributed by atoms with Gasteiger partial charge in [0.25, 0.3) is 5.97 Å². The SMILES string of the molecule is CC(=O)O[Si]=O. The quantitative estimate of drug-likeness (QED) is 0.421. The molecule has 6 heavy (non-hydrogen) atoms. The lowest BCUT2D eigenvalue weighted by Gasteiger charge is -1.78. The molecule has 0 unspecified atom stereocenters. The number of hydrogen-bond acceptors (Lipinski definition) is 3. The Labute approximate surface area is 37.3 Å². The second-order valence-corrected chi connectivity index (χ2v) is 1.05. The van der Waals surface area contributed by atoms with Crippen LogP contribution in [0, 0.1) is 0 Å². The van der Waals surface area contributed by atoms with E-state index in [9.17, 15) is 9.26 Å². The Balaban J connectivity index is 3.05. The highest BCUT2D eigenvalue weighted by atomic mass is 28.2. The standard InChI is InChI=1S/C2H3O3Si/c1-2(3)5-6-4/h1H3. The minimum absolute atomic E-state index is 0.511. The van der Waals surface area contributed by atoms with E-state index in [-0.39, 0.29) is 0 Å². The van der Waals surface area contributed by atoms with E-state index < -0.39 is 15.6 Å². The van der Waals surface area contributed by atoms with E-state index in [1.807, 2.05) is 0 Å². The van der Waals surface area contributed by atoms with E-state index in [0.717, 1.165) is 0 Å². The van der Waals surface area contributed by atoms with Gasteiger partial charge in [0.05, 0.1) is 0 Å². The van der Waals surface area contributed by atoms with Crippen LogP contribution < -0.4 is 0 Å². The monoisotopic (exact) mass is 103 g/mol. The largest absolute Gasteiger partial charge is 0.601 e. The van der Waals surface area contributed by atoms with Crippen molar-refractivity contribution >= 4 is 15.6 Å². The van der Waals surface area contributed by atoms with Crippen LogP contribution in [0.15, 0.2) is 0 Å². The normalized spacial score (nSPS) is 6.83. The van der Waals surface area contributed by atoms with Crippen LogP contribution in [0.4, 0.5) is 0 Å². The summed E-state index contributed by atoms with van der Waals surface area (Å²) in [5, 5.41) is 0. The minimum Gasteiger partial charge on any atom is -0.456 e. The van der Waals surface area contributed by atoms with Crippen molar-refractivity contribution in [3.05, 3.63) is 0 Å². The summed E-state index contributed by atoms with van der Waals surface area (Å²) in [7, 11) is -0.961. The highest BCUT2D eigenvalue weighted by Crippen LogP contribution is 1.61. The van der Waals surface area contributed by atoms with E-state index in [2.05, 4.69) is 4.43 Å². The van der Waals surface area contributed by atoms with Gasteiger partial charge in [0, 0.05) is 6.92 Å². The molecule has 0 saturated heterocycles. The number of carbonyl (C=O) groups is 1. The molecule has 0 aliphatic carbocycles. The average Bonchev–Trinajstić information content (AvgIpc) is 1.35. The van der Waals surface area contributed by atoms with Gasteiger partial charge < -0.3 is 8.89 Å². The van der Waals surface area contributed by atoms with Crippen molar-refractivity contribution in [1.82, 2.24) is 0 Å². The van der Waals surface area contributed by atoms with Gasteiger partial charge in [0.1, 0.15) is 0 Å². The van der Waals surface area contributed by atoms with Crippen LogP contribution in [0.1, 0.15) is 6.92 Å². The second-order valence-electron chi connectivity index (χ2n) is 0.677. The Morgan fingerprint density at radius 2 is 2.33 bits per heavy atom. The maximum atomic E-state index is 9.63. The molecule has 0 aliphatic rings. The summed E-state index contributed by atoms with van der Waals surface area (Å²) in [6.45, 7) is 1.20. The smallest absolute Gasteiger partial charge is 0.456 e. The van der Waals surface area contributed by atoms with Crippen LogP contribution in [0.2, 0.25) is 0 Å². The number of hydrogen-bond donors (Lipinski definition) is 0. The predicted molar refractivity (Wildman–Crippen MR) is 18.2 cm³/mol. The highest BCUT2D eigenvalue weighted by molar-refractivity contribution is 6.12. The fourth-order valence-electron chi connectivity index (χ4n) is 0.0587. The van der Waals surface area contributed by atoms with Gasteiger partial charge in [-0.15, -0.1) is 0 Å². The molecule has 0 aromatic heterocycles. The third-order valence-corrected chi connectivity index (χ3v) is 0.556. The maximum Gasteiger partial charge on any atom is 0.601 e. The van der Waals surface area contributed by atoms with Gasteiger partial charge in [0.15, 0.2) is 0 Å². The first kappa shape index (κ1) is 5.49. The molecule has 0 N–H and O–H groups in total. The summed E-state index contributed by atoms with van der Waals surface area (Å²) in [6.07, 6.45) is 0. The van der Waals surface area contributed by atoms with Gasteiger partial charge in [0.2, 0.25) is 0 Å². The molecule has 3 nitrogen and oxygen atoms in total. The molecule has 0 heterocycles. The molecule has 0 aliphatic heterocycles. The second kappa shape index (κ2) is 2.71. The molecule has 0 bridgehead atoms. The Morgan fingerprint density at radius 1 is 1.83 bits per heavy atom. The molecular weight excluding hydrogens is 100 g/mol. The summed E-state index contributed by atoms with van der Waals surface area (Å²) < 4.78 is 13.2. The van der Waals surface area contributed by atoms with Crippen molar-refractivity contribution in [3.8, 4) is 0 Å². The van der Waals surface area contributed by atoms with E-state index in [1.165, 1.54) is 6.92 Å². The summed E-state index contributed by atoms with van der Waals surface area (Å²) >= 11 is 0. The Bertz CT molecular complexity index is 69.2. The highest BCUT2D eigenvalue weighted by Gasteiger charge is 1.85. The molecule has 0 aromatic rings. The van der Waals surface area contributed by atoms with E-state index in [1.54, 1.807) is 0 Å². The molecule has 33 valence electrons. The fourth-order valence-corrected chi connectivity index (χ4v) is 0.176. The molecule has 1 radical (unpaired) electrons. The van der Waals surface area contributed by atoms with Crippen LogP contribution in [-0.4, -0.2) is 15.6 Å². The van der Waals surface area contributed by atoms with Gasteiger partial charge in [-0.2, -0.15) is 0 Å². The zero-order chi connectivity index (χ0) is 4.99. The molecule has 0 spiro atoms. The lowest BCUT2D eigenvalue weighted by molar-refractivity contribution is -0.132. The maximum absolute atomic E-state index is 9.63. The van der Waals surface area contributed by atoms with Gasteiger partial charge in [-0.25, -0.2) is 0 Å². The zero-order valence-electron chi connectivity index (χ0n) is 3.22. The number of carbonyl (C=O) groups excluding carboxylic acids is 1. The van der Waals surface area contributed by atoms with Crippen molar-refractivity contribution in [1.29, 1.82) is 0 Å². The summed E-state index contributed by atoms with van der Waals surface area (Å²) in [6, 6.07) is 0. The van der Waals surface area contributed by atoms with E-state index in [0.29, 0.717) is 0 Å². The first-order chi connectivity index (χ1) is 2.77. The summed E-state index contributed by atoms with van der Waals surface area (Å²) in [4.78, 5) is 9.63. The summed E-state index contributed by atoms with van der Waals surface area (Å²) in [5.41, 5.74) is 0. The molecular formula is C2H3O3Si. The minimum atomic E-state index is -0.961. The molecule has 0 fully saturated rings. The Morgan fingerprint density at radius 3 is 2.33 bits per heavy atom. The van der Waals surface area contributed by atoms with Gasteiger partial charge in [-0.05, 0) is 0 Å². The van der Waals surface area contributed by atoms with Gasteiger partial charge >= 0.3 is 9.65 Å². The zero-order valence-corrected chi connectivity index (χ0v) is 4.22. The third kappa shape index (κ3) is 3.49. The molecule has 0 saturated carbocycles. The lowest BCUT2D eigenvalue weighted by Crippen LogP contribution is -1.94. The Kier molecular flexibility index (Phi) is 2.48.